The van der Waals surface area contributed by atoms with E-state index < -0.39 is 12.2 Å². The first kappa shape index (κ1) is 24.9. The molecule has 2 aliphatic rings. The number of aliphatic hydroxyl groups is 1. The fraction of sp³-hybridized carbons (Fsp3) is 0.393. The van der Waals surface area contributed by atoms with Crippen LogP contribution in [0.15, 0.2) is 47.0 Å². The summed E-state index contributed by atoms with van der Waals surface area (Å²) in [4.78, 5) is 4.64. The summed E-state index contributed by atoms with van der Waals surface area (Å²) in [5.41, 5.74) is 1.97. The second-order valence-corrected chi connectivity index (χ2v) is 10.9. The Hall–Kier alpha value is -3.39. The van der Waals surface area contributed by atoms with Crippen LogP contribution in [0, 0.1) is 11.3 Å². The molecule has 0 atom stereocenters. The second kappa shape index (κ2) is 10.1. The summed E-state index contributed by atoms with van der Waals surface area (Å²) in [5, 5.41) is 25.4. The number of alkyl halides is 2. The number of hydrogen-bond acceptors (Lipinski definition) is 8. The molecular formula is C28H25F2N3O4S. The predicted molar refractivity (Wildman–Crippen MR) is 136 cm³/mol. The van der Waals surface area contributed by atoms with E-state index in [2.05, 4.69) is 16.2 Å². The molecule has 0 bridgehead atoms. The molecule has 2 heterocycles. The third-order valence-corrected chi connectivity index (χ3v) is 8.48. The fourth-order valence-electron chi connectivity index (χ4n) is 5.04. The molecule has 2 fully saturated rings. The Bertz CT molecular complexity index is 1500. The smallest absolute Gasteiger partial charge is 0.387 e. The van der Waals surface area contributed by atoms with Gasteiger partial charge >= 0.3 is 6.61 Å². The summed E-state index contributed by atoms with van der Waals surface area (Å²) in [7, 11) is 0. The van der Waals surface area contributed by atoms with Crippen LogP contribution in [0.1, 0.15) is 66.3 Å². The summed E-state index contributed by atoms with van der Waals surface area (Å²) in [5.74, 6) is 1.04. The third kappa shape index (κ3) is 4.89. The van der Waals surface area contributed by atoms with Crippen molar-refractivity contribution in [3.63, 3.8) is 0 Å². The molecule has 2 aromatic heterocycles. The Morgan fingerprint density at radius 3 is 2.68 bits per heavy atom. The van der Waals surface area contributed by atoms with Crippen molar-refractivity contribution in [2.45, 2.75) is 69.4 Å². The van der Waals surface area contributed by atoms with E-state index in [9.17, 15) is 13.9 Å². The first-order chi connectivity index (χ1) is 18.4. The van der Waals surface area contributed by atoms with Crippen LogP contribution in [-0.4, -0.2) is 28.0 Å². The average molecular weight is 538 g/mol. The van der Waals surface area contributed by atoms with Crippen LogP contribution >= 0.6 is 11.3 Å². The lowest BCUT2D eigenvalue weighted by Crippen LogP contribution is -2.34. The molecular weight excluding hydrogens is 512 g/mol. The Morgan fingerprint density at radius 1 is 1.16 bits per heavy atom. The molecule has 196 valence electrons. The monoisotopic (exact) mass is 537 g/mol. The number of para-hydroxylation sites is 1. The molecule has 0 amide bonds. The van der Waals surface area contributed by atoms with E-state index in [4.69, 9.17) is 19.3 Å². The Morgan fingerprint density at radius 2 is 1.95 bits per heavy atom. The maximum Gasteiger partial charge on any atom is 0.387 e. The van der Waals surface area contributed by atoms with E-state index in [1.54, 1.807) is 30.3 Å². The zero-order valence-electron chi connectivity index (χ0n) is 20.4. The zero-order valence-corrected chi connectivity index (χ0v) is 21.2. The van der Waals surface area contributed by atoms with E-state index in [0.29, 0.717) is 47.5 Å². The molecule has 0 radical (unpaired) electrons. The van der Waals surface area contributed by atoms with Crippen LogP contribution < -0.4 is 4.74 Å². The van der Waals surface area contributed by atoms with Gasteiger partial charge in [-0.1, -0.05) is 17.3 Å². The van der Waals surface area contributed by atoms with Gasteiger partial charge in [-0.2, -0.15) is 14.0 Å². The summed E-state index contributed by atoms with van der Waals surface area (Å²) in [6.45, 7) is -2.72. The molecule has 0 unspecified atom stereocenters. The van der Waals surface area contributed by atoms with Crippen LogP contribution in [0.5, 0.6) is 5.75 Å². The lowest BCUT2D eigenvalue weighted by atomic mass is 9.83. The maximum atomic E-state index is 13.0. The normalized spacial score (nSPS) is 21.6. The van der Waals surface area contributed by atoms with Gasteiger partial charge in [0.05, 0.1) is 34.6 Å². The predicted octanol–water partition coefficient (Wildman–Crippen LogP) is 6.65. The largest absolute Gasteiger partial charge is 0.434 e. The van der Waals surface area contributed by atoms with Crippen LogP contribution in [-0.2, 0) is 16.9 Å². The maximum absolute atomic E-state index is 13.0. The highest BCUT2D eigenvalue weighted by atomic mass is 32.1. The molecule has 2 aliphatic carbocycles. The molecule has 0 saturated heterocycles. The van der Waals surface area contributed by atoms with E-state index in [1.165, 1.54) is 17.4 Å². The Labute approximate surface area is 221 Å². The van der Waals surface area contributed by atoms with Gasteiger partial charge in [0.2, 0.25) is 0 Å². The molecule has 6 rings (SSSR count). The van der Waals surface area contributed by atoms with Gasteiger partial charge in [-0.3, -0.25) is 0 Å². The summed E-state index contributed by atoms with van der Waals surface area (Å²) in [6.07, 6.45) is 4.17. The van der Waals surface area contributed by atoms with Crippen LogP contribution in [0.4, 0.5) is 8.78 Å². The minimum Gasteiger partial charge on any atom is -0.434 e. The average Bonchev–Trinajstić information content (AvgIpc) is 3.52. The highest BCUT2D eigenvalue weighted by Gasteiger charge is 2.39. The molecule has 4 aromatic rings. The Kier molecular flexibility index (Phi) is 6.60. The number of nitrogens with zero attached hydrogens (tertiary/aromatic N) is 3. The van der Waals surface area contributed by atoms with Crippen molar-refractivity contribution in [3.8, 4) is 23.1 Å². The minimum atomic E-state index is -2.95. The van der Waals surface area contributed by atoms with E-state index in [1.807, 2.05) is 6.07 Å². The SMILES string of the molecule is N#Cc1ccc2nc(C3(O)CCC(OCc4c(-c5ccccc5OC(F)F)noc4C4CC4)CC3)sc2c1. The molecule has 2 saturated carbocycles. The zero-order chi connectivity index (χ0) is 26.3. The van der Waals surface area contributed by atoms with Crippen molar-refractivity contribution in [2.75, 3.05) is 0 Å². The van der Waals surface area contributed by atoms with Crippen molar-refractivity contribution in [3.05, 3.63) is 64.4 Å². The molecule has 10 heteroatoms. The van der Waals surface area contributed by atoms with E-state index >= 15 is 0 Å². The van der Waals surface area contributed by atoms with Crippen LogP contribution in [0.3, 0.4) is 0 Å². The summed E-state index contributed by atoms with van der Waals surface area (Å²) < 4.78 is 43.6. The number of thiazole rings is 1. The van der Waals surface area contributed by atoms with Gasteiger partial charge in [0.1, 0.15) is 27.8 Å². The first-order valence-corrected chi connectivity index (χ1v) is 13.4. The number of aromatic nitrogens is 2. The molecule has 0 aliphatic heterocycles. The molecule has 7 nitrogen and oxygen atoms in total. The Balaban J connectivity index is 1.17. The van der Waals surface area contributed by atoms with Crippen molar-refractivity contribution in [1.29, 1.82) is 5.26 Å². The van der Waals surface area contributed by atoms with Gasteiger partial charge in [0, 0.05) is 17.0 Å². The fourth-order valence-corrected chi connectivity index (χ4v) is 6.19. The molecule has 1 N–H and O–H groups in total. The molecule has 38 heavy (non-hydrogen) atoms. The van der Waals surface area contributed by atoms with Crippen molar-refractivity contribution in [2.24, 2.45) is 0 Å². The van der Waals surface area contributed by atoms with Crippen molar-refractivity contribution < 1.29 is 27.9 Å². The highest BCUT2D eigenvalue weighted by Crippen LogP contribution is 2.46. The number of nitriles is 1. The number of rotatable bonds is 8. The minimum absolute atomic E-state index is 0.0415. The number of ether oxygens (including phenoxy) is 2. The third-order valence-electron chi connectivity index (χ3n) is 7.26. The van der Waals surface area contributed by atoms with Gasteiger partial charge in [-0.15, -0.1) is 11.3 Å². The van der Waals surface area contributed by atoms with E-state index in [-0.39, 0.29) is 24.4 Å². The van der Waals surface area contributed by atoms with Gasteiger partial charge < -0.3 is 19.1 Å². The van der Waals surface area contributed by atoms with Gasteiger partial charge in [0.15, 0.2) is 0 Å². The number of hydrogen-bond donors (Lipinski definition) is 1. The quantitative estimate of drug-likeness (QED) is 0.269. The van der Waals surface area contributed by atoms with Crippen molar-refractivity contribution >= 4 is 21.6 Å². The number of benzene rings is 2. The number of halogens is 2. The molecule has 2 aromatic carbocycles. The topological polar surface area (TPSA) is 101 Å². The van der Waals surface area contributed by atoms with Crippen LogP contribution in [0.2, 0.25) is 0 Å². The van der Waals surface area contributed by atoms with E-state index in [0.717, 1.165) is 34.4 Å². The van der Waals surface area contributed by atoms with Gasteiger partial charge in [-0.05, 0) is 68.9 Å². The van der Waals surface area contributed by atoms with Crippen LogP contribution in [0.25, 0.3) is 21.5 Å². The standard InChI is InChI=1S/C28H25F2N3O4S/c29-27(30)36-22-4-2-1-3-19(22)24-20(25(37-33-24)17-6-7-17)15-35-18-9-11-28(34,12-10-18)26-32-21-8-5-16(14-31)13-23(21)38-26/h1-5,8,13,17-18,27,34H,6-7,9-12,15H2. The number of fused-ring (bicyclic) bond motifs is 1. The first-order valence-electron chi connectivity index (χ1n) is 12.6. The summed E-state index contributed by atoms with van der Waals surface area (Å²) in [6, 6.07) is 14.0. The summed E-state index contributed by atoms with van der Waals surface area (Å²) >= 11 is 1.42. The van der Waals surface area contributed by atoms with Crippen molar-refractivity contribution in [1.82, 2.24) is 10.1 Å². The van der Waals surface area contributed by atoms with Gasteiger partial charge in [0.25, 0.3) is 0 Å². The van der Waals surface area contributed by atoms with Gasteiger partial charge in [-0.25, -0.2) is 4.98 Å². The lowest BCUT2D eigenvalue weighted by Gasteiger charge is -2.34. The lowest BCUT2D eigenvalue weighted by molar-refractivity contribution is -0.0641. The highest BCUT2D eigenvalue weighted by molar-refractivity contribution is 7.18. The second-order valence-electron chi connectivity index (χ2n) is 9.88. The molecule has 0 spiro atoms.